The van der Waals surface area contributed by atoms with Gasteiger partial charge < -0.3 is 15.7 Å². The molecule has 0 aromatic heterocycles. The lowest BCUT2D eigenvalue weighted by molar-refractivity contribution is -0.142. The molecule has 3 amide bonds. The number of carboxylic acid groups (broad SMARTS) is 1. The van der Waals surface area contributed by atoms with Crippen LogP contribution < -0.4 is 15.5 Å². The Balaban J connectivity index is 1.51. The lowest BCUT2D eigenvalue weighted by Crippen LogP contribution is -2.35. The summed E-state index contributed by atoms with van der Waals surface area (Å²) in [6.45, 7) is 1.05. The van der Waals surface area contributed by atoms with E-state index in [4.69, 9.17) is 5.11 Å². The molecule has 1 aliphatic carbocycles. The van der Waals surface area contributed by atoms with Crippen molar-refractivity contribution in [1.29, 1.82) is 0 Å². The number of rotatable bonds is 10. The zero-order valence-corrected chi connectivity index (χ0v) is 22.9. The molecule has 9 heteroatoms. The van der Waals surface area contributed by atoms with Gasteiger partial charge in [-0.1, -0.05) is 43.5 Å². The van der Waals surface area contributed by atoms with Crippen LogP contribution in [0.4, 0.5) is 20.6 Å². The predicted molar refractivity (Wildman–Crippen MR) is 155 cm³/mol. The van der Waals surface area contributed by atoms with Crippen molar-refractivity contribution in [3.05, 3.63) is 95.1 Å². The summed E-state index contributed by atoms with van der Waals surface area (Å²) in [6.07, 6.45) is 3.88. The average Bonchev–Trinajstić information content (AvgIpc) is 2.99. The Bertz CT molecular complexity index is 1370. The van der Waals surface area contributed by atoms with Crippen molar-refractivity contribution >= 4 is 35.1 Å². The second-order valence-electron chi connectivity index (χ2n) is 10.3. The fraction of sp³-hybridized carbons (Fsp3) is 0.312. The molecule has 1 fully saturated rings. The van der Waals surface area contributed by atoms with Gasteiger partial charge >= 0.3 is 12.0 Å². The zero-order valence-electron chi connectivity index (χ0n) is 22.9. The number of aliphatic carboxylic acids is 1. The Kier molecular flexibility index (Phi) is 9.84. The van der Waals surface area contributed by atoms with Gasteiger partial charge in [-0.3, -0.25) is 14.5 Å². The van der Waals surface area contributed by atoms with Gasteiger partial charge in [0, 0.05) is 22.5 Å². The van der Waals surface area contributed by atoms with Crippen molar-refractivity contribution in [3.8, 4) is 0 Å². The van der Waals surface area contributed by atoms with Crippen molar-refractivity contribution in [2.24, 2.45) is 0 Å². The Labute approximate surface area is 238 Å². The minimum atomic E-state index is -2.19. The van der Waals surface area contributed by atoms with Gasteiger partial charge in [0.25, 0.3) is 5.91 Å². The summed E-state index contributed by atoms with van der Waals surface area (Å²) < 4.78 is 13.3. The summed E-state index contributed by atoms with van der Waals surface area (Å²) in [7, 11) is 0. The minimum Gasteiger partial charge on any atom is -0.479 e. The van der Waals surface area contributed by atoms with E-state index < -0.39 is 24.6 Å². The average molecular weight is 560 g/mol. The number of Topliss-reactive ketones (excluding diaryl/α,β-unsaturated/α-hetero) is 1. The maximum Gasteiger partial charge on any atom is 0.340 e. The first-order chi connectivity index (χ1) is 19.7. The van der Waals surface area contributed by atoms with Crippen LogP contribution in [0.15, 0.2) is 72.8 Å². The second-order valence-corrected chi connectivity index (χ2v) is 10.3. The molecule has 1 unspecified atom stereocenters. The number of halogens is 1. The third kappa shape index (κ3) is 8.00. The molecule has 0 aliphatic heterocycles. The molecule has 0 heterocycles. The molecule has 4 rings (SSSR count). The highest BCUT2D eigenvalue weighted by atomic mass is 19.1. The molecule has 1 saturated carbocycles. The summed E-state index contributed by atoms with van der Waals surface area (Å²) in [4.78, 5) is 49.7. The van der Waals surface area contributed by atoms with Gasteiger partial charge in [0.1, 0.15) is 0 Å². The summed E-state index contributed by atoms with van der Waals surface area (Å²) in [6, 6.07) is 20.8. The van der Waals surface area contributed by atoms with E-state index in [0.717, 1.165) is 5.56 Å². The monoisotopic (exact) mass is 559 g/mol. The van der Waals surface area contributed by atoms with E-state index in [9.17, 15) is 23.6 Å². The van der Waals surface area contributed by atoms with Gasteiger partial charge in [-0.25, -0.2) is 14.0 Å². The standard InChI is InChI=1S/C32H34FN3O5/c1-21(37)23-11-15-27(16-12-23)35-32(41)36(28-17-13-25(14-18-28)24-5-3-2-4-6-24)20-22-7-9-26(10-8-22)30(38)34-19-29(33)31(39)40/h7-18,24,29H,2-6,19-20H2,1H3,(H,34,38)(H,35,41)(H,39,40). The number of urea groups is 1. The Morgan fingerprint density at radius 1 is 0.878 bits per heavy atom. The quantitative estimate of drug-likeness (QED) is 0.251. The molecule has 3 N–H and O–H groups in total. The van der Waals surface area contributed by atoms with Crippen LogP contribution in [-0.2, 0) is 11.3 Å². The summed E-state index contributed by atoms with van der Waals surface area (Å²) in [5.74, 6) is -1.77. The lowest BCUT2D eigenvalue weighted by atomic mass is 9.84. The van der Waals surface area contributed by atoms with Crippen molar-refractivity contribution in [2.75, 3.05) is 16.8 Å². The maximum absolute atomic E-state index is 13.5. The first kappa shape index (κ1) is 29.5. The van der Waals surface area contributed by atoms with Crippen LogP contribution in [0.5, 0.6) is 0 Å². The summed E-state index contributed by atoms with van der Waals surface area (Å²) in [5, 5.41) is 13.8. The molecule has 3 aromatic carbocycles. The molecule has 8 nitrogen and oxygen atoms in total. The van der Waals surface area contributed by atoms with Crippen LogP contribution in [0.3, 0.4) is 0 Å². The van der Waals surface area contributed by atoms with Crippen molar-refractivity contribution in [2.45, 2.75) is 57.7 Å². The van der Waals surface area contributed by atoms with Gasteiger partial charge in [0.05, 0.1) is 13.1 Å². The molecular formula is C32H34FN3O5. The number of hydrogen-bond donors (Lipinski definition) is 3. The van der Waals surface area contributed by atoms with Crippen LogP contribution in [0.25, 0.3) is 0 Å². The normalized spacial score (nSPS) is 14.1. The molecule has 0 spiro atoms. The van der Waals surface area contributed by atoms with Crippen LogP contribution in [-0.4, -0.2) is 41.5 Å². The maximum atomic E-state index is 13.5. The first-order valence-corrected chi connectivity index (χ1v) is 13.7. The second kappa shape index (κ2) is 13.7. The molecule has 214 valence electrons. The number of amides is 3. The predicted octanol–water partition coefficient (Wildman–Crippen LogP) is 6.33. The van der Waals surface area contributed by atoms with Crippen LogP contribution in [0.1, 0.15) is 76.8 Å². The van der Waals surface area contributed by atoms with Gasteiger partial charge in [0.2, 0.25) is 6.17 Å². The molecule has 41 heavy (non-hydrogen) atoms. The number of nitrogens with zero attached hydrogens (tertiary/aromatic N) is 1. The van der Waals surface area contributed by atoms with E-state index in [1.54, 1.807) is 53.4 Å². The van der Waals surface area contributed by atoms with E-state index in [0.29, 0.717) is 22.9 Å². The van der Waals surface area contributed by atoms with Crippen molar-refractivity contribution < 1.29 is 28.7 Å². The third-order valence-electron chi connectivity index (χ3n) is 7.34. The van der Waals surface area contributed by atoms with Crippen LogP contribution in [0, 0.1) is 0 Å². The number of alkyl halides is 1. The molecule has 0 saturated heterocycles. The lowest BCUT2D eigenvalue weighted by Gasteiger charge is -2.26. The topological polar surface area (TPSA) is 116 Å². The van der Waals surface area contributed by atoms with E-state index in [1.165, 1.54) is 44.6 Å². The van der Waals surface area contributed by atoms with Crippen molar-refractivity contribution in [3.63, 3.8) is 0 Å². The van der Waals surface area contributed by atoms with Crippen molar-refractivity contribution in [1.82, 2.24) is 5.32 Å². The summed E-state index contributed by atoms with van der Waals surface area (Å²) >= 11 is 0. The number of hydrogen-bond acceptors (Lipinski definition) is 4. The number of carboxylic acids is 1. The number of anilines is 2. The first-order valence-electron chi connectivity index (χ1n) is 13.7. The zero-order chi connectivity index (χ0) is 29.4. The molecule has 1 aliphatic rings. The number of benzene rings is 3. The molecule has 0 radical (unpaired) electrons. The molecule has 1 atom stereocenters. The summed E-state index contributed by atoms with van der Waals surface area (Å²) in [5.41, 5.74) is 4.04. The highest BCUT2D eigenvalue weighted by Gasteiger charge is 2.20. The smallest absolute Gasteiger partial charge is 0.340 e. The highest BCUT2D eigenvalue weighted by molar-refractivity contribution is 6.02. The molecular weight excluding hydrogens is 525 g/mol. The third-order valence-corrected chi connectivity index (χ3v) is 7.34. The van der Waals surface area contributed by atoms with Gasteiger partial charge in [-0.05, 0) is 85.3 Å². The van der Waals surface area contributed by atoms with Crippen LogP contribution >= 0.6 is 0 Å². The largest absolute Gasteiger partial charge is 0.479 e. The van der Waals surface area contributed by atoms with E-state index in [1.807, 2.05) is 12.1 Å². The van der Waals surface area contributed by atoms with Gasteiger partial charge in [-0.2, -0.15) is 0 Å². The number of ketones is 1. The fourth-order valence-electron chi connectivity index (χ4n) is 4.94. The van der Waals surface area contributed by atoms with E-state index >= 15 is 0 Å². The van der Waals surface area contributed by atoms with Gasteiger partial charge in [-0.15, -0.1) is 0 Å². The number of carbonyl (C=O) groups is 4. The Hall–Kier alpha value is -4.53. The Morgan fingerprint density at radius 3 is 2.07 bits per heavy atom. The minimum absolute atomic E-state index is 0.0638. The molecule has 0 bridgehead atoms. The van der Waals surface area contributed by atoms with Crippen LogP contribution in [0.2, 0.25) is 0 Å². The highest BCUT2D eigenvalue weighted by Crippen LogP contribution is 2.33. The Morgan fingerprint density at radius 2 is 1.49 bits per heavy atom. The van der Waals surface area contributed by atoms with E-state index in [2.05, 4.69) is 22.8 Å². The number of carbonyl (C=O) groups excluding carboxylic acids is 3. The fourth-order valence-corrected chi connectivity index (χ4v) is 4.94. The van der Waals surface area contributed by atoms with E-state index in [-0.39, 0.29) is 23.9 Å². The SMILES string of the molecule is CC(=O)c1ccc(NC(=O)N(Cc2ccc(C(=O)NCC(F)C(=O)O)cc2)c2ccc(C3CCCCC3)cc2)cc1. The van der Waals surface area contributed by atoms with Gasteiger partial charge in [0.15, 0.2) is 5.78 Å². The number of nitrogens with one attached hydrogen (secondary N) is 2. The molecule has 3 aromatic rings.